The maximum Gasteiger partial charge on any atom is 0.287 e. The van der Waals surface area contributed by atoms with Crippen molar-refractivity contribution >= 4 is 34.4 Å². The van der Waals surface area contributed by atoms with Gasteiger partial charge in [-0.2, -0.15) is 0 Å². The Morgan fingerprint density at radius 3 is 2.54 bits per heavy atom. The maximum atomic E-state index is 12.4. The molecule has 24 heavy (non-hydrogen) atoms. The summed E-state index contributed by atoms with van der Waals surface area (Å²) in [6.07, 6.45) is 0. The van der Waals surface area contributed by atoms with Gasteiger partial charge >= 0.3 is 0 Å². The number of nitrogens with one attached hydrogen (secondary N) is 1. The van der Waals surface area contributed by atoms with E-state index in [4.69, 9.17) is 21.8 Å². The summed E-state index contributed by atoms with van der Waals surface area (Å²) in [5.41, 5.74) is 7.84. The summed E-state index contributed by atoms with van der Waals surface area (Å²) in [5.74, 6) is -0.526. The van der Waals surface area contributed by atoms with E-state index >= 15 is 0 Å². The molecule has 3 aromatic rings. The molecule has 1 heterocycles. The van der Waals surface area contributed by atoms with Gasteiger partial charge in [0.15, 0.2) is 5.76 Å². The highest BCUT2D eigenvalue weighted by molar-refractivity contribution is 6.31. The average Bonchev–Trinajstić information content (AvgIpc) is 2.89. The number of hydrogen-bond donors (Lipinski definition) is 2. The zero-order valence-corrected chi connectivity index (χ0v) is 13.7. The van der Waals surface area contributed by atoms with E-state index < -0.39 is 5.91 Å². The van der Waals surface area contributed by atoms with E-state index in [-0.39, 0.29) is 11.7 Å². The fourth-order valence-electron chi connectivity index (χ4n) is 2.46. The number of nitrogens with two attached hydrogens (primary N) is 1. The highest BCUT2D eigenvalue weighted by atomic mass is 35.5. The lowest BCUT2D eigenvalue weighted by molar-refractivity contribution is 0.0923. The van der Waals surface area contributed by atoms with Crippen molar-refractivity contribution in [2.75, 3.05) is 0 Å². The van der Waals surface area contributed by atoms with Crippen LogP contribution in [0.15, 0.2) is 46.9 Å². The van der Waals surface area contributed by atoms with E-state index in [2.05, 4.69) is 5.32 Å². The fourth-order valence-corrected chi connectivity index (χ4v) is 2.63. The molecule has 0 saturated heterocycles. The van der Waals surface area contributed by atoms with Crippen LogP contribution < -0.4 is 11.1 Å². The first-order valence-electron chi connectivity index (χ1n) is 7.31. The fraction of sp³-hybridized carbons (Fsp3) is 0.111. The van der Waals surface area contributed by atoms with Crippen LogP contribution in [0, 0.1) is 6.92 Å². The third-order valence-electron chi connectivity index (χ3n) is 3.80. The highest BCUT2D eigenvalue weighted by Gasteiger charge is 2.17. The second-order valence-electron chi connectivity index (χ2n) is 5.44. The van der Waals surface area contributed by atoms with Crippen molar-refractivity contribution in [1.29, 1.82) is 0 Å². The second-order valence-corrected chi connectivity index (χ2v) is 5.88. The molecule has 0 aliphatic rings. The minimum atomic E-state index is -0.484. The van der Waals surface area contributed by atoms with Crippen LogP contribution in [-0.2, 0) is 6.54 Å². The van der Waals surface area contributed by atoms with Crippen LogP contribution in [0.3, 0.4) is 0 Å². The van der Waals surface area contributed by atoms with E-state index in [0.29, 0.717) is 22.7 Å². The van der Waals surface area contributed by atoms with Gasteiger partial charge in [-0.15, -0.1) is 0 Å². The number of carbonyl (C=O) groups excluding carboxylic acids is 2. The zero-order chi connectivity index (χ0) is 17.3. The number of aryl methyl sites for hydroxylation is 1. The first kappa shape index (κ1) is 16.1. The SMILES string of the molecule is Cc1c(C(=O)NCc2ccc(C(N)=O)cc2)oc2ccc(Cl)cc12. The molecule has 6 heteroatoms. The van der Waals surface area contributed by atoms with Gasteiger partial charge in [-0.05, 0) is 42.8 Å². The molecule has 122 valence electrons. The molecule has 0 aliphatic heterocycles. The number of primary amides is 1. The Morgan fingerprint density at radius 1 is 1.17 bits per heavy atom. The Hall–Kier alpha value is -2.79. The summed E-state index contributed by atoms with van der Waals surface area (Å²) < 4.78 is 5.62. The van der Waals surface area contributed by atoms with Crippen LogP contribution in [0.2, 0.25) is 5.02 Å². The third kappa shape index (κ3) is 3.12. The van der Waals surface area contributed by atoms with Crippen molar-refractivity contribution in [3.05, 3.63) is 69.9 Å². The molecule has 0 fully saturated rings. The highest BCUT2D eigenvalue weighted by Crippen LogP contribution is 2.27. The van der Waals surface area contributed by atoms with Gasteiger partial charge in [0, 0.05) is 28.1 Å². The smallest absolute Gasteiger partial charge is 0.287 e. The largest absolute Gasteiger partial charge is 0.451 e. The number of furan rings is 1. The summed E-state index contributed by atoms with van der Waals surface area (Å²) in [7, 11) is 0. The number of carbonyl (C=O) groups is 2. The Bertz CT molecular complexity index is 929. The van der Waals surface area contributed by atoms with Crippen LogP contribution in [0.25, 0.3) is 11.0 Å². The summed E-state index contributed by atoms with van der Waals surface area (Å²) in [4.78, 5) is 23.4. The van der Waals surface area contributed by atoms with Crippen LogP contribution >= 0.6 is 11.6 Å². The van der Waals surface area contributed by atoms with E-state index in [1.165, 1.54) is 0 Å². The van der Waals surface area contributed by atoms with Crippen LogP contribution in [0.4, 0.5) is 0 Å². The zero-order valence-electron chi connectivity index (χ0n) is 12.9. The van der Waals surface area contributed by atoms with Crippen molar-refractivity contribution in [1.82, 2.24) is 5.32 Å². The molecule has 2 aromatic carbocycles. The molecule has 2 amide bonds. The van der Waals surface area contributed by atoms with Gasteiger partial charge in [-0.1, -0.05) is 23.7 Å². The lowest BCUT2D eigenvalue weighted by atomic mass is 10.1. The van der Waals surface area contributed by atoms with Gasteiger partial charge in [0.25, 0.3) is 5.91 Å². The number of benzene rings is 2. The predicted molar refractivity (Wildman–Crippen MR) is 92.1 cm³/mol. The minimum Gasteiger partial charge on any atom is -0.451 e. The van der Waals surface area contributed by atoms with Crippen molar-refractivity contribution < 1.29 is 14.0 Å². The number of hydrogen-bond acceptors (Lipinski definition) is 3. The Balaban J connectivity index is 1.75. The van der Waals surface area contributed by atoms with Crippen molar-refractivity contribution in [2.24, 2.45) is 5.73 Å². The average molecular weight is 343 g/mol. The molecule has 0 saturated carbocycles. The molecule has 0 aliphatic carbocycles. The molecular weight excluding hydrogens is 328 g/mol. The third-order valence-corrected chi connectivity index (χ3v) is 4.03. The van der Waals surface area contributed by atoms with E-state index in [9.17, 15) is 9.59 Å². The monoisotopic (exact) mass is 342 g/mol. The Kier molecular flexibility index (Phi) is 4.27. The van der Waals surface area contributed by atoms with Gasteiger partial charge in [0.1, 0.15) is 5.58 Å². The standard InChI is InChI=1S/C18H15ClN2O3/c1-10-14-8-13(19)6-7-15(14)24-16(10)18(23)21-9-11-2-4-12(5-3-11)17(20)22/h2-8H,9H2,1H3,(H2,20,22)(H,21,23). The lowest BCUT2D eigenvalue weighted by Crippen LogP contribution is -2.23. The lowest BCUT2D eigenvalue weighted by Gasteiger charge is -2.05. The van der Waals surface area contributed by atoms with Gasteiger partial charge in [0.05, 0.1) is 0 Å². The number of amides is 2. The van der Waals surface area contributed by atoms with E-state index in [1.807, 2.05) is 6.92 Å². The molecule has 5 nitrogen and oxygen atoms in total. The normalized spacial score (nSPS) is 10.8. The first-order chi connectivity index (χ1) is 11.5. The van der Waals surface area contributed by atoms with Crippen molar-refractivity contribution in [2.45, 2.75) is 13.5 Å². The maximum absolute atomic E-state index is 12.4. The van der Waals surface area contributed by atoms with Crippen LogP contribution in [-0.4, -0.2) is 11.8 Å². The molecular formula is C18H15ClN2O3. The van der Waals surface area contributed by atoms with Gasteiger partial charge in [-0.25, -0.2) is 0 Å². The Labute approximate surface area is 143 Å². The molecule has 1 aromatic heterocycles. The number of halogens is 1. The van der Waals surface area contributed by atoms with Gasteiger partial charge in [-0.3, -0.25) is 9.59 Å². The van der Waals surface area contributed by atoms with Crippen LogP contribution in [0.1, 0.15) is 32.0 Å². The Morgan fingerprint density at radius 2 is 1.88 bits per heavy atom. The first-order valence-corrected chi connectivity index (χ1v) is 7.69. The summed E-state index contributed by atoms with van der Waals surface area (Å²) in [6.45, 7) is 2.13. The quantitative estimate of drug-likeness (QED) is 0.761. The molecule has 0 atom stereocenters. The number of fused-ring (bicyclic) bond motifs is 1. The molecule has 0 spiro atoms. The summed E-state index contributed by atoms with van der Waals surface area (Å²) in [6, 6.07) is 12.0. The summed E-state index contributed by atoms with van der Waals surface area (Å²) >= 11 is 5.98. The molecule has 0 unspecified atom stereocenters. The van der Waals surface area contributed by atoms with E-state index in [0.717, 1.165) is 16.5 Å². The van der Waals surface area contributed by atoms with E-state index in [1.54, 1.807) is 42.5 Å². The molecule has 0 radical (unpaired) electrons. The van der Waals surface area contributed by atoms with Crippen molar-refractivity contribution in [3.63, 3.8) is 0 Å². The topological polar surface area (TPSA) is 85.3 Å². The predicted octanol–water partition coefficient (Wildman–Crippen LogP) is 3.42. The van der Waals surface area contributed by atoms with Crippen molar-refractivity contribution in [3.8, 4) is 0 Å². The molecule has 0 bridgehead atoms. The number of rotatable bonds is 4. The minimum absolute atomic E-state index is 0.265. The molecule has 3 N–H and O–H groups in total. The van der Waals surface area contributed by atoms with Gasteiger partial charge < -0.3 is 15.5 Å². The second kappa shape index (κ2) is 6.37. The van der Waals surface area contributed by atoms with Crippen LogP contribution in [0.5, 0.6) is 0 Å². The summed E-state index contributed by atoms with van der Waals surface area (Å²) in [5, 5.41) is 4.21. The van der Waals surface area contributed by atoms with Gasteiger partial charge in [0.2, 0.25) is 5.91 Å². The molecule has 3 rings (SSSR count).